The van der Waals surface area contributed by atoms with Crippen molar-refractivity contribution in [1.29, 1.82) is 5.26 Å². The van der Waals surface area contributed by atoms with Crippen LogP contribution in [0.3, 0.4) is 0 Å². The van der Waals surface area contributed by atoms with Crippen molar-refractivity contribution in [2.75, 3.05) is 12.8 Å². The Hall–Kier alpha value is -2.52. The van der Waals surface area contributed by atoms with Crippen LogP contribution in [0.1, 0.15) is 32.8 Å². The predicted molar refractivity (Wildman–Crippen MR) is 89.6 cm³/mol. The van der Waals surface area contributed by atoms with Crippen molar-refractivity contribution in [3.63, 3.8) is 0 Å². The minimum absolute atomic E-state index is 0.433. The van der Waals surface area contributed by atoms with E-state index in [0.717, 1.165) is 21.8 Å². The first kappa shape index (κ1) is 15.4. The third-order valence-electron chi connectivity index (χ3n) is 4.46. The van der Waals surface area contributed by atoms with Crippen LogP contribution in [0.15, 0.2) is 24.3 Å². The molecule has 1 unspecified atom stereocenters. The summed E-state index contributed by atoms with van der Waals surface area (Å²) >= 11 is 1.36. The number of nitrogen functional groups attached to an aromatic ring is 1. The highest BCUT2D eigenvalue weighted by molar-refractivity contribution is 7.16. The van der Waals surface area contributed by atoms with E-state index in [1.54, 1.807) is 7.11 Å². The number of hydrogen-bond acceptors (Lipinski definition) is 5. The molecule has 1 aliphatic rings. The van der Waals surface area contributed by atoms with Crippen molar-refractivity contribution in [3.8, 4) is 11.8 Å². The molecule has 2 aromatic rings. The van der Waals surface area contributed by atoms with Gasteiger partial charge < -0.3 is 16.2 Å². The maximum Gasteiger partial charge on any atom is 0.251 e. The Morgan fingerprint density at radius 1 is 1.48 bits per heavy atom. The van der Waals surface area contributed by atoms with Crippen molar-refractivity contribution in [3.05, 3.63) is 45.8 Å². The van der Waals surface area contributed by atoms with Crippen LogP contribution in [0.5, 0.6) is 5.75 Å². The first-order valence-corrected chi connectivity index (χ1v) is 8.08. The first-order valence-electron chi connectivity index (χ1n) is 7.26. The van der Waals surface area contributed by atoms with Gasteiger partial charge in [0.2, 0.25) is 0 Å². The quantitative estimate of drug-likeness (QED) is 0.903. The minimum atomic E-state index is -0.631. The van der Waals surface area contributed by atoms with E-state index < -0.39 is 11.3 Å². The van der Waals surface area contributed by atoms with E-state index in [-0.39, 0.29) is 0 Å². The third kappa shape index (κ3) is 2.43. The van der Waals surface area contributed by atoms with Gasteiger partial charge in [0.15, 0.2) is 0 Å². The fraction of sp³-hybridized carbons (Fsp3) is 0.294. The molecule has 0 fully saturated rings. The lowest BCUT2D eigenvalue weighted by Gasteiger charge is -2.31. The van der Waals surface area contributed by atoms with Gasteiger partial charge in [0, 0.05) is 11.3 Å². The number of anilines is 1. The highest BCUT2D eigenvalue weighted by Crippen LogP contribution is 2.44. The van der Waals surface area contributed by atoms with Crippen molar-refractivity contribution in [2.24, 2.45) is 5.73 Å². The maximum atomic E-state index is 11.6. The van der Waals surface area contributed by atoms with Crippen molar-refractivity contribution >= 4 is 22.2 Å². The van der Waals surface area contributed by atoms with Crippen LogP contribution < -0.4 is 16.2 Å². The molecule has 0 saturated heterocycles. The van der Waals surface area contributed by atoms with Crippen molar-refractivity contribution in [1.82, 2.24) is 0 Å². The van der Waals surface area contributed by atoms with Gasteiger partial charge in [0.25, 0.3) is 5.91 Å². The number of methoxy groups -OCH3 is 1. The summed E-state index contributed by atoms with van der Waals surface area (Å²) in [5.74, 6) is 0.234. The first-order chi connectivity index (χ1) is 11.0. The number of nitrogens with two attached hydrogens (primary N) is 2. The second kappa shape index (κ2) is 5.60. The number of primary amides is 1. The van der Waals surface area contributed by atoms with E-state index in [9.17, 15) is 10.1 Å². The van der Waals surface area contributed by atoms with E-state index in [4.69, 9.17) is 16.2 Å². The zero-order valence-electron chi connectivity index (χ0n) is 12.8. The number of carbonyl (C=O) groups is 1. The van der Waals surface area contributed by atoms with Crippen LogP contribution in [0, 0.1) is 11.3 Å². The molecule has 3 rings (SSSR count). The van der Waals surface area contributed by atoms with Gasteiger partial charge in [-0.1, -0.05) is 12.1 Å². The summed E-state index contributed by atoms with van der Waals surface area (Å²) in [6.07, 6.45) is 1.78. The largest absolute Gasteiger partial charge is 0.497 e. The molecule has 1 aliphatic carbocycles. The van der Waals surface area contributed by atoms with Gasteiger partial charge in [-0.05, 0) is 36.1 Å². The van der Waals surface area contributed by atoms with E-state index in [1.807, 2.05) is 24.3 Å². The maximum absolute atomic E-state index is 11.6. The number of nitrogens with zero attached hydrogens (tertiary/aromatic N) is 1. The molecule has 0 aliphatic heterocycles. The minimum Gasteiger partial charge on any atom is -0.497 e. The molecule has 5 nitrogen and oxygen atoms in total. The average Bonchev–Trinajstić information content (AvgIpc) is 2.89. The topological polar surface area (TPSA) is 102 Å². The van der Waals surface area contributed by atoms with Gasteiger partial charge >= 0.3 is 0 Å². The molecule has 0 radical (unpaired) electrons. The van der Waals surface area contributed by atoms with Crippen molar-refractivity contribution < 1.29 is 9.53 Å². The molecule has 1 heterocycles. The van der Waals surface area contributed by atoms with Crippen LogP contribution in [0.25, 0.3) is 0 Å². The SMILES string of the molecule is COc1cccc(C2(C#N)CCc3c(sc(N)c3C(N)=O)C2)c1. The zero-order valence-corrected chi connectivity index (χ0v) is 13.6. The van der Waals surface area contributed by atoms with Gasteiger partial charge in [-0.15, -0.1) is 11.3 Å². The number of nitriles is 1. The van der Waals surface area contributed by atoms with E-state index in [2.05, 4.69) is 6.07 Å². The summed E-state index contributed by atoms with van der Waals surface area (Å²) < 4.78 is 5.27. The highest BCUT2D eigenvalue weighted by Gasteiger charge is 2.39. The molecule has 1 amide bonds. The number of rotatable bonds is 3. The van der Waals surface area contributed by atoms with Crippen LogP contribution in [-0.4, -0.2) is 13.0 Å². The molecule has 1 atom stereocenters. The van der Waals surface area contributed by atoms with Crippen LogP contribution >= 0.6 is 11.3 Å². The molecule has 1 aromatic heterocycles. The van der Waals surface area contributed by atoms with E-state index in [0.29, 0.717) is 29.8 Å². The monoisotopic (exact) mass is 327 g/mol. The molecular formula is C17H17N3O2S. The smallest absolute Gasteiger partial charge is 0.251 e. The van der Waals surface area contributed by atoms with Gasteiger partial charge in [0.1, 0.15) is 5.75 Å². The number of fused-ring (bicyclic) bond motifs is 1. The standard InChI is InChI=1S/C17H17N3O2S/c1-22-11-4-2-3-10(7-11)17(9-18)6-5-12-13(8-17)23-16(20)14(12)15(19)21/h2-4,7H,5-6,8,20H2,1H3,(H2,19,21). The number of hydrogen-bond donors (Lipinski definition) is 2. The van der Waals surface area contributed by atoms with Crippen LogP contribution in [0.2, 0.25) is 0 Å². The number of amides is 1. The summed E-state index contributed by atoms with van der Waals surface area (Å²) in [5.41, 5.74) is 13.0. The molecule has 1 aromatic carbocycles. The Balaban J connectivity index is 2.06. The second-order valence-corrected chi connectivity index (χ2v) is 6.85. The zero-order chi connectivity index (χ0) is 16.6. The van der Waals surface area contributed by atoms with Crippen LogP contribution in [0.4, 0.5) is 5.00 Å². The Morgan fingerprint density at radius 3 is 2.91 bits per heavy atom. The van der Waals surface area contributed by atoms with E-state index >= 15 is 0 Å². The van der Waals surface area contributed by atoms with Gasteiger partial charge in [-0.3, -0.25) is 4.79 Å². The normalized spacial score (nSPS) is 19.7. The molecular weight excluding hydrogens is 310 g/mol. The molecule has 118 valence electrons. The number of thiophene rings is 1. The van der Waals surface area contributed by atoms with E-state index in [1.165, 1.54) is 11.3 Å². The molecule has 0 saturated carbocycles. The Bertz CT molecular complexity index is 822. The van der Waals surface area contributed by atoms with Gasteiger partial charge in [0.05, 0.1) is 29.2 Å². The summed E-state index contributed by atoms with van der Waals surface area (Å²) in [4.78, 5) is 12.6. The predicted octanol–water partition coefficient (Wildman–Crippen LogP) is 2.39. The fourth-order valence-electron chi connectivity index (χ4n) is 3.24. The Morgan fingerprint density at radius 2 is 2.26 bits per heavy atom. The highest BCUT2D eigenvalue weighted by atomic mass is 32.1. The van der Waals surface area contributed by atoms with Crippen molar-refractivity contribution in [2.45, 2.75) is 24.7 Å². The van der Waals surface area contributed by atoms with Crippen LogP contribution in [-0.2, 0) is 18.3 Å². The summed E-state index contributed by atoms with van der Waals surface area (Å²) in [6, 6.07) is 10.1. The molecule has 0 spiro atoms. The number of benzene rings is 1. The molecule has 4 N–H and O–H groups in total. The van der Waals surface area contributed by atoms with Gasteiger partial charge in [-0.2, -0.15) is 5.26 Å². The molecule has 0 bridgehead atoms. The second-order valence-electron chi connectivity index (χ2n) is 5.71. The lowest BCUT2D eigenvalue weighted by atomic mass is 9.70. The summed E-state index contributed by atoms with van der Waals surface area (Å²) in [6.45, 7) is 0. The lowest BCUT2D eigenvalue weighted by Crippen LogP contribution is -2.32. The van der Waals surface area contributed by atoms with Gasteiger partial charge in [-0.25, -0.2) is 0 Å². The summed E-state index contributed by atoms with van der Waals surface area (Å²) in [7, 11) is 1.61. The number of ether oxygens (including phenoxy) is 1. The average molecular weight is 327 g/mol. The fourth-order valence-corrected chi connectivity index (χ4v) is 4.48. The summed E-state index contributed by atoms with van der Waals surface area (Å²) in [5, 5.41) is 10.3. The third-order valence-corrected chi connectivity index (χ3v) is 5.53. The Kier molecular flexibility index (Phi) is 3.74. The number of carbonyl (C=O) groups excluding carboxylic acids is 1. The molecule has 6 heteroatoms. The Labute approximate surface area is 138 Å². The molecule has 23 heavy (non-hydrogen) atoms. The lowest BCUT2D eigenvalue weighted by molar-refractivity contribution is 0.100.